The highest BCUT2D eigenvalue weighted by atomic mass is 32.2. The number of nitrogens with one attached hydrogen (secondary N) is 1. The monoisotopic (exact) mass is 362 g/mol. The predicted octanol–water partition coefficient (Wildman–Crippen LogP) is 3.05. The lowest BCUT2D eigenvalue weighted by molar-refractivity contribution is 0.616. The van der Waals surface area contributed by atoms with E-state index in [9.17, 15) is 0 Å². The fraction of sp³-hybridized carbons (Fsp3) is 0.267. The van der Waals surface area contributed by atoms with E-state index in [0.29, 0.717) is 11.1 Å². The molecule has 0 saturated carbocycles. The number of rotatable bonds is 7. The lowest BCUT2D eigenvalue weighted by atomic mass is 10.2. The molecule has 0 saturated heterocycles. The van der Waals surface area contributed by atoms with E-state index >= 15 is 0 Å². The molecule has 0 aliphatic carbocycles. The van der Waals surface area contributed by atoms with Gasteiger partial charge in [0.25, 0.3) is 6.01 Å². The van der Waals surface area contributed by atoms with Crippen LogP contribution in [0.1, 0.15) is 18.2 Å². The first-order valence-electron chi connectivity index (χ1n) is 7.39. The first kappa shape index (κ1) is 16.6. The number of thioether (sulfide) groups is 1. The number of benzene rings is 1. The van der Waals surface area contributed by atoms with Gasteiger partial charge in [-0.05, 0) is 24.6 Å². The van der Waals surface area contributed by atoms with Gasteiger partial charge >= 0.3 is 0 Å². The number of guanidine groups is 1. The molecule has 9 heteroatoms. The molecule has 0 unspecified atom stereocenters. The van der Waals surface area contributed by atoms with Gasteiger partial charge in [-0.1, -0.05) is 6.07 Å². The molecule has 1 aromatic carbocycles. The van der Waals surface area contributed by atoms with E-state index < -0.39 is 0 Å². The molecule has 126 valence electrons. The highest BCUT2D eigenvalue weighted by Gasteiger charge is 2.06. The zero-order chi connectivity index (χ0) is 16.9. The molecule has 7 nitrogen and oxygen atoms in total. The van der Waals surface area contributed by atoms with Crippen LogP contribution in [0.5, 0.6) is 0 Å². The summed E-state index contributed by atoms with van der Waals surface area (Å²) in [6.07, 6.45) is 0. The van der Waals surface area contributed by atoms with Gasteiger partial charge in [0, 0.05) is 23.4 Å². The van der Waals surface area contributed by atoms with Gasteiger partial charge in [-0.25, -0.2) is 4.98 Å². The van der Waals surface area contributed by atoms with Gasteiger partial charge in [-0.2, -0.15) is 21.7 Å². The third-order valence-corrected chi connectivity index (χ3v) is 4.88. The van der Waals surface area contributed by atoms with E-state index in [2.05, 4.69) is 26.3 Å². The standard InChI is InChI=1S/C15H18N6OS2/c1-2-18-14-20-11-4-3-9(5-12(11)22-14)6-23-7-10-8-24-15(19-10)21-13(16)17/h3-5,8H,2,6-7H2,1H3,(H,18,20)(H4,16,17,19,21). The zero-order valence-corrected chi connectivity index (χ0v) is 14.8. The summed E-state index contributed by atoms with van der Waals surface area (Å²) < 4.78 is 5.67. The van der Waals surface area contributed by atoms with Crippen LogP contribution in [0.15, 0.2) is 33.0 Å². The number of hydrogen-bond acceptors (Lipinski definition) is 7. The van der Waals surface area contributed by atoms with Gasteiger partial charge < -0.3 is 21.2 Å². The topological polar surface area (TPSA) is 115 Å². The van der Waals surface area contributed by atoms with Crippen LogP contribution in [0.3, 0.4) is 0 Å². The minimum atomic E-state index is 0.0286. The Morgan fingerprint density at radius 3 is 3.00 bits per heavy atom. The molecule has 24 heavy (non-hydrogen) atoms. The minimum absolute atomic E-state index is 0.0286. The second-order valence-corrected chi connectivity index (χ2v) is 6.82. The average molecular weight is 362 g/mol. The first-order chi connectivity index (χ1) is 11.6. The molecule has 2 heterocycles. The van der Waals surface area contributed by atoms with Gasteiger partial charge in [0.1, 0.15) is 5.52 Å². The van der Waals surface area contributed by atoms with Crippen LogP contribution in [0.4, 0.5) is 11.1 Å². The number of oxazole rings is 1. The van der Waals surface area contributed by atoms with Crippen molar-refractivity contribution in [3.63, 3.8) is 0 Å². The smallest absolute Gasteiger partial charge is 0.295 e. The van der Waals surface area contributed by atoms with Gasteiger partial charge in [-0.15, -0.1) is 11.3 Å². The molecule has 0 bridgehead atoms. The predicted molar refractivity (Wildman–Crippen MR) is 101 cm³/mol. The van der Waals surface area contributed by atoms with E-state index in [-0.39, 0.29) is 5.96 Å². The van der Waals surface area contributed by atoms with Crippen LogP contribution in [0.2, 0.25) is 0 Å². The fourth-order valence-electron chi connectivity index (χ4n) is 2.08. The number of fused-ring (bicyclic) bond motifs is 1. The van der Waals surface area contributed by atoms with Crippen LogP contribution in [0.25, 0.3) is 11.1 Å². The summed E-state index contributed by atoms with van der Waals surface area (Å²) in [5.74, 6) is 1.69. The number of nitrogens with zero attached hydrogens (tertiary/aromatic N) is 3. The number of thiazole rings is 1. The quantitative estimate of drug-likeness (QED) is 0.437. The maximum Gasteiger partial charge on any atom is 0.295 e. The van der Waals surface area contributed by atoms with E-state index in [1.807, 2.05) is 24.4 Å². The normalized spacial score (nSPS) is 10.9. The molecule has 0 amide bonds. The van der Waals surface area contributed by atoms with Gasteiger partial charge in [0.15, 0.2) is 11.5 Å². The zero-order valence-electron chi connectivity index (χ0n) is 13.2. The molecule has 2 aromatic heterocycles. The highest BCUT2D eigenvalue weighted by Crippen LogP contribution is 2.25. The van der Waals surface area contributed by atoms with Crippen molar-refractivity contribution in [2.75, 3.05) is 11.9 Å². The Hall–Kier alpha value is -2.26. The molecule has 0 aliphatic heterocycles. The summed E-state index contributed by atoms with van der Waals surface area (Å²) in [5, 5.41) is 5.64. The third kappa shape index (κ3) is 4.18. The SMILES string of the molecule is CCNc1nc2ccc(CSCc3csc(N=C(N)N)n3)cc2o1. The maximum atomic E-state index is 5.67. The number of aliphatic imine (C=N–C) groups is 1. The minimum Gasteiger partial charge on any atom is -0.424 e. The average Bonchev–Trinajstić information content (AvgIpc) is 3.13. The Morgan fingerprint density at radius 2 is 2.21 bits per heavy atom. The Kier molecular flexibility index (Phi) is 5.21. The van der Waals surface area contributed by atoms with E-state index in [1.165, 1.54) is 16.9 Å². The van der Waals surface area contributed by atoms with Crippen LogP contribution < -0.4 is 16.8 Å². The van der Waals surface area contributed by atoms with Crippen LogP contribution in [-0.4, -0.2) is 22.5 Å². The highest BCUT2D eigenvalue weighted by molar-refractivity contribution is 7.97. The number of aromatic nitrogens is 2. The molecular weight excluding hydrogens is 344 g/mol. The Labute approximate surface area is 147 Å². The summed E-state index contributed by atoms with van der Waals surface area (Å²) in [6, 6.07) is 6.64. The maximum absolute atomic E-state index is 5.67. The van der Waals surface area contributed by atoms with E-state index in [0.717, 1.165) is 34.8 Å². The van der Waals surface area contributed by atoms with E-state index in [1.54, 1.807) is 11.8 Å². The summed E-state index contributed by atoms with van der Waals surface area (Å²) in [5.41, 5.74) is 14.5. The third-order valence-electron chi connectivity index (χ3n) is 3.06. The van der Waals surface area contributed by atoms with Crippen LogP contribution >= 0.6 is 23.1 Å². The fourth-order valence-corrected chi connectivity index (χ4v) is 3.77. The second-order valence-electron chi connectivity index (χ2n) is 5.00. The van der Waals surface area contributed by atoms with Crippen molar-refractivity contribution in [2.45, 2.75) is 18.4 Å². The molecule has 0 atom stereocenters. The molecule has 3 aromatic rings. The number of anilines is 1. The van der Waals surface area contributed by atoms with Gasteiger partial charge in [-0.3, -0.25) is 0 Å². The van der Waals surface area contributed by atoms with Crippen molar-refractivity contribution in [1.29, 1.82) is 0 Å². The Morgan fingerprint density at radius 1 is 1.33 bits per heavy atom. The molecule has 0 fully saturated rings. The molecule has 3 rings (SSSR count). The van der Waals surface area contributed by atoms with Crippen molar-refractivity contribution in [3.05, 3.63) is 34.8 Å². The summed E-state index contributed by atoms with van der Waals surface area (Å²) >= 11 is 3.20. The lowest BCUT2D eigenvalue weighted by Gasteiger charge is -2.00. The van der Waals surface area contributed by atoms with Crippen molar-refractivity contribution in [1.82, 2.24) is 9.97 Å². The molecule has 0 aliphatic rings. The molecule has 0 spiro atoms. The molecule has 0 radical (unpaired) electrons. The number of hydrogen-bond donors (Lipinski definition) is 3. The summed E-state index contributed by atoms with van der Waals surface area (Å²) in [6.45, 7) is 2.79. The molecular formula is C15H18N6OS2. The van der Waals surface area contributed by atoms with Crippen molar-refractivity contribution < 1.29 is 4.42 Å². The lowest BCUT2D eigenvalue weighted by Crippen LogP contribution is -2.21. The first-order valence-corrected chi connectivity index (χ1v) is 9.42. The van der Waals surface area contributed by atoms with Crippen molar-refractivity contribution in [2.24, 2.45) is 16.5 Å². The summed E-state index contributed by atoms with van der Waals surface area (Å²) in [7, 11) is 0. The molecule has 5 N–H and O–H groups in total. The van der Waals surface area contributed by atoms with Crippen LogP contribution in [0, 0.1) is 0 Å². The van der Waals surface area contributed by atoms with Gasteiger partial charge in [0.05, 0.1) is 5.69 Å². The largest absolute Gasteiger partial charge is 0.424 e. The van der Waals surface area contributed by atoms with Crippen LogP contribution in [-0.2, 0) is 11.5 Å². The Bertz CT molecular complexity index is 853. The summed E-state index contributed by atoms with van der Waals surface area (Å²) in [4.78, 5) is 12.7. The number of nitrogens with two attached hydrogens (primary N) is 2. The Balaban J connectivity index is 1.59. The van der Waals surface area contributed by atoms with Gasteiger partial charge in [0.2, 0.25) is 5.13 Å². The second kappa shape index (κ2) is 7.54. The van der Waals surface area contributed by atoms with Crippen molar-refractivity contribution >= 4 is 51.3 Å². The van der Waals surface area contributed by atoms with Crippen molar-refractivity contribution in [3.8, 4) is 0 Å². The van der Waals surface area contributed by atoms with E-state index in [4.69, 9.17) is 15.9 Å².